The van der Waals surface area contributed by atoms with Gasteiger partial charge in [0.15, 0.2) is 0 Å². The molecule has 0 unspecified atom stereocenters. The number of amides is 1. The number of aromatic carboxylic acids is 1. The van der Waals surface area contributed by atoms with Crippen molar-refractivity contribution in [3.63, 3.8) is 0 Å². The fraction of sp³-hybridized carbons (Fsp3) is 0.233. The zero-order chi connectivity index (χ0) is 27.6. The Kier molecular flexibility index (Phi) is 7.34. The van der Waals surface area contributed by atoms with E-state index in [1.807, 2.05) is 23.7 Å². The van der Waals surface area contributed by atoms with Crippen molar-refractivity contribution < 1.29 is 23.1 Å². The maximum Gasteiger partial charge on any atom is 0.339 e. The quantitative estimate of drug-likeness (QED) is 0.282. The molecule has 0 spiro atoms. The third-order valence-electron chi connectivity index (χ3n) is 6.75. The molecule has 8 nitrogen and oxygen atoms in total. The van der Waals surface area contributed by atoms with Gasteiger partial charge in [0, 0.05) is 30.0 Å². The normalized spacial score (nSPS) is 13.3. The molecule has 3 aromatic carbocycles. The van der Waals surface area contributed by atoms with Crippen LogP contribution in [-0.2, 0) is 23.0 Å². The molecule has 1 saturated carbocycles. The van der Waals surface area contributed by atoms with E-state index in [1.165, 1.54) is 6.07 Å². The van der Waals surface area contributed by atoms with Gasteiger partial charge in [-0.25, -0.2) is 17.9 Å². The smallest absolute Gasteiger partial charge is 0.339 e. The number of hydrogen-bond donors (Lipinski definition) is 2. The van der Waals surface area contributed by atoms with Crippen molar-refractivity contribution in [3.8, 4) is 11.1 Å². The third-order valence-corrected chi connectivity index (χ3v) is 8.14. The second kappa shape index (κ2) is 10.9. The van der Waals surface area contributed by atoms with Gasteiger partial charge in [0.2, 0.25) is 0 Å². The van der Waals surface area contributed by atoms with E-state index in [9.17, 15) is 23.1 Å². The number of carboxylic acid groups (broad SMARTS) is 1. The summed E-state index contributed by atoms with van der Waals surface area (Å²) in [5.41, 5.74) is 3.88. The second-order valence-electron chi connectivity index (χ2n) is 9.68. The minimum absolute atomic E-state index is 0.0115. The van der Waals surface area contributed by atoms with Crippen LogP contribution < -0.4 is 4.72 Å². The summed E-state index contributed by atoms with van der Waals surface area (Å²) in [6, 6.07) is 22.0. The summed E-state index contributed by atoms with van der Waals surface area (Å²) in [6.45, 7) is 2.72. The summed E-state index contributed by atoms with van der Waals surface area (Å²) in [4.78, 5) is 24.7. The van der Waals surface area contributed by atoms with Crippen LogP contribution in [0.3, 0.4) is 0 Å². The van der Waals surface area contributed by atoms with Crippen molar-refractivity contribution in [1.82, 2.24) is 14.5 Å². The molecule has 1 aliphatic rings. The summed E-state index contributed by atoms with van der Waals surface area (Å²) >= 11 is 0. The second-order valence-corrected chi connectivity index (χ2v) is 11.3. The highest BCUT2D eigenvalue weighted by Gasteiger charge is 2.34. The lowest BCUT2D eigenvalue weighted by Crippen LogP contribution is -2.30. The maximum absolute atomic E-state index is 13.2. The first-order valence-electron chi connectivity index (χ1n) is 12.9. The van der Waals surface area contributed by atoms with Crippen LogP contribution in [0.15, 0.2) is 83.8 Å². The largest absolute Gasteiger partial charge is 0.478 e. The minimum Gasteiger partial charge on any atom is -0.478 e. The molecule has 9 heteroatoms. The highest BCUT2D eigenvalue weighted by atomic mass is 32.2. The van der Waals surface area contributed by atoms with E-state index in [2.05, 4.69) is 9.82 Å². The van der Waals surface area contributed by atoms with E-state index in [4.69, 9.17) is 0 Å². The zero-order valence-electron chi connectivity index (χ0n) is 21.5. The van der Waals surface area contributed by atoms with Crippen molar-refractivity contribution in [2.75, 3.05) is 0 Å². The molecule has 0 atom stereocenters. The summed E-state index contributed by atoms with van der Waals surface area (Å²) in [5.74, 6) is -1.40. The Morgan fingerprint density at radius 3 is 2.28 bits per heavy atom. The predicted molar refractivity (Wildman–Crippen MR) is 147 cm³/mol. The van der Waals surface area contributed by atoms with Gasteiger partial charge >= 0.3 is 5.97 Å². The fourth-order valence-corrected chi connectivity index (χ4v) is 6.00. The molecule has 5 rings (SSSR count). The molecule has 1 fully saturated rings. The molecule has 0 bridgehead atoms. The summed E-state index contributed by atoms with van der Waals surface area (Å²) < 4.78 is 30.4. The van der Waals surface area contributed by atoms with Crippen LogP contribution in [0.4, 0.5) is 0 Å². The molecular formula is C30H29N3O5S. The Bertz CT molecular complexity index is 1620. The molecule has 1 amide bonds. The number of carbonyl (C=O) groups excluding carboxylic acids is 1. The van der Waals surface area contributed by atoms with Crippen molar-refractivity contribution in [2.45, 2.75) is 50.0 Å². The highest BCUT2D eigenvalue weighted by Crippen LogP contribution is 2.43. The number of aryl methyl sites for hydroxylation is 1. The number of carboxylic acids is 1. The number of nitrogens with zero attached hydrogens (tertiary/aromatic N) is 2. The van der Waals surface area contributed by atoms with Crippen LogP contribution in [0.5, 0.6) is 0 Å². The average Bonchev–Trinajstić information content (AvgIpc) is 3.71. The van der Waals surface area contributed by atoms with Gasteiger partial charge in [-0.15, -0.1) is 0 Å². The average molecular weight is 544 g/mol. The van der Waals surface area contributed by atoms with Crippen LogP contribution in [0.1, 0.15) is 69.8 Å². The molecule has 39 heavy (non-hydrogen) atoms. The van der Waals surface area contributed by atoms with Gasteiger partial charge in [-0.2, -0.15) is 5.10 Å². The van der Waals surface area contributed by atoms with E-state index in [0.717, 1.165) is 30.5 Å². The van der Waals surface area contributed by atoms with E-state index < -0.39 is 21.9 Å². The molecule has 1 heterocycles. The molecular weight excluding hydrogens is 514 g/mol. The SMILES string of the molecule is CCCn1nc(Cc2ccc(-c3ccccc3S(=O)(=O)NC(=O)c3ccccc3)cc2)c(C(=O)O)c1C1CC1. The van der Waals surface area contributed by atoms with Crippen LogP contribution in [0, 0.1) is 0 Å². The summed E-state index contributed by atoms with van der Waals surface area (Å²) in [6.07, 6.45) is 3.18. The van der Waals surface area contributed by atoms with E-state index in [1.54, 1.807) is 60.7 Å². The lowest BCUT2D eigenvalue weighted by molar-refractivity contribution is 0.0694. The summed E-state index contributed by atoms with van der Waals surface area (Å²) in [5, 5.41) is 14.7. The molecule has 0 radical (unpaired) electrons. The van der Waals surface area contributed by atoms with E-state index >= 15 is 0 Å². The Balaban J connectivity index is 1.41. The number of sulfonamides is 1. The van der Waals surface area contributed by atoms with Gasteiger partial charge < -0.3 is 5.11 Å². The Hall–Kier alpha value is -4.24. The highest BCUT2D eigenvalue weighted by molar-refractivity contribution is 7.90. The molecule has 0 aliphatic heterocycles. The lowest BCUT2D eigenvalue weighted by atomic mass is 10.00. The van der Waals surface area contributed by atoms with Gasteiger partial charge in [-0.05, 0) is 48.6 Å². The van der Waals surface area contributed by atoms with Gasteiger partial charge in [0.05, 0.1) is 16.3 Å². The standard InChI is InChI=1S/C30H29N3O5S/c1-2-18-33-28(22-16-17-22)27(30(35)36)25(31-33)19-20-12-14-21(15-13-20)24-10-6-7-11-26(24)39(37,38)32-29(34)23-8-4-3-5-9-23/h3-15,22H,2,16-19H2,1H3,(H,32,34)(H,35,36). The van der Waals surface area contributed by atoms with Crippen molar-refractivity contribution in [1.29, 1.82) is 0 Å². The van der Waals surface area contributed by atoms with Crippen LogP contribution in [0.25, 0.3) is 11.1 Å². The number of aromatic nitrogens is 2. The molecule has 0 saturated heterocycles. The van der Waals surface area contributed by atoms with E-state index in [0.29, 0.717) is 35.3 Å². The first-order chi connectivity index (χ1) is 18.8. The Morgan fingerprint density at radius 1 is 0.974 bits per heavy atom. The molecule has 1 aromatic heterocycles. The minimum atomic E-state index is -4.15. The fourth-order valence-electron chi connectivity index (χ4n) is 4.80. The molecule has 4 aromatic rings. The van der Waals surface area contributed by atoms with Gasteiger partial charge in [0.1, 0.15) is 5.56 Å². The number of rotatable bonds is 10. The van der Waals surface area contributed by atoms with Crippen LogP contribution >= 0.6 is 0 Å². The molecule has 2 N–H and O–H groups in total. The number of hydrogen-bond acceptors (Lipinski definition) is 5. The van der Waals surface area contributed by atoms with Crippen molar-refractivity contribution in [2.24, 2.45) is 0 Å². The maximum atomic E-state index is 13.2. The Morgan fingerprint density at radius 2 is 1.64 bits per heavy atom. The van der Waals surface area contributed by atoms with Crippen molar-refractivity contribution in [3.05, 3.63) is 107 Å². The first kappa shape index (κ1) is 26.4. The summed E-state index contributed by atoms with van der Waals surface area (Å²) in [7, 11) is -4.15. The first-order valence-corrected chi connectivity index (χ1v) is 14.4. The van der Waals surface area contributed by atoms with E-state index in [-0.39, 0.29) is 16.4 Å². The number of carbonyl (C=O) groups is 2. The Labute approximate surface area is 227 Å². The van der Waals surface area contributed by atoms with Gasteiger partial charge in [0.25, 0.3) is 15.9 Å². The van der Waals surface area contributed by atoms with Crippen LogP contribution in [-0.4, -0.2) is 35.2 Å². The third kappa shape index (κ3) is 5.63. The van der Waals surface area contributed by atoms with Crippen molar-refractivity contribution >= 4 is 21.9 Å². The van der Waals surface area contributed by atoms with Gasteiger partial charge in [-0.3, -0.25) is 9.48 Å². The number of benzene rings is 3. The lowest BCUT2D eigenvalue weighted by Gasteiger charge is -2.12. The monoisotopic (exact) mass is 543 g/mol. The topological polar surface area (TPSA) is 118 Å². The molecule has 1 aliphatic carbocycles. The predicted octanol–water partition coefficient (Wildman–Crippen LogP) is 5.25. The molecule has 200 valence electrons. The number of nitrogens with one attached hydrogen (secondary N) is 1. The van der Waals surface area contributed by atoms with Crippen LogP contribution in [0.2, 0.25) is 0 Å². The van der Waals surface area contributed by atoms with Gasteiger partial charge in [-0.1, -0.05) is 67.6 Å². The zero-order valence-corrected chi connectivity index (χ0v) is 22.3.